The predicted molar refractivity (Wildman–Crippen MR) is 116 cm³/mol. The maximum atomic E-state index is 13.8. The fourth-order valence-corrected chi connectivity index (χ4v) is 4.21. The molecule has 3 heterocycles. The number of nitrogens with one attached hydrogen (secondary N) is 1. The minimum atomic E-state index is -2.67. The van der Waals surface area contributed by atoms with Crippen LogP contribution in [0.1, 0.15) is 74.4 Å². The summed E-state index contributed by atoms with van der Waals surface area (Å²) in [5, 5.41) is 11.6. The number of carbonyl (C=O) groups excluding carboxylic acids is 1. The molecule has 1 atom stereocenters. The van der Waals surface area contributed by atoms with Gasteiger partial charge in [-0.15, -0.1) is 0 Å². The summed E-state index contributed by atoms with van der Waals surface area (Å²) < 4.78 is 36.5. The molecule has 0 aromatic carbocycles. The molecule has 1 N–H and O–H groups in total. The first kappa shape index (κ1) is 23.1. The smallest absolute Gasteiger partial charge is 0.270 e. The monoisotopic (exact) mass is 461 g/mol. The zero-order chi connectivity index (χ0) is 23.8. The minimum Gasteiger partial charge on any atom is -0.474 e. The molecule has 1 unspecified atom stereocenters. The summed E-state index contributed by atoms with van der Waals surface area (Å²) in [7, 11) is 0. The van der Waals surface area contributed by atoms with Gasteiger partial charge in [-0.05, 0) is 52.5 Å². The predicted octanol–water partition coefficient (Wildman–Crippen LogP) is 3.73. The fraction of sp³-hybridized carbons (Fsp3) is 0.591. The molecule has 0 bridgehead atoms. The van der Waals surface area contributed by atoms with E-state index in [2.05, 4.69) is 25.5 Å². The average molecular weight is 462 g/mol. The standard InChI is InChI=1S/C22H29F2N7O2/c1-5-30-17(8-11-25-30)19(32)27-18(15-6-9-22(23,24)10-7-15)16-12-31-21(26-16)28-20(14(4)29-31)33-13(2)3/h8,11-13,15,18H,5-7,9-10H2,1-4H3,(H,27,32). The molecule has 0 radical (unpaired) electrons. The Morgan fingerprint density at radius 1 is 1.30 bits per heavy atom. The van der Waals surface area contributed by atoms with Crippen LogP contribution in [0.2, 0.25) is 0 Å². The molecular weight excluding hydrogens is 432 g/mol. The second-order valence-electron chi connectivity index (χ2n) is 8.76. The van der Waals surface area contributed by atoms with Crippen molar-refractivity contribution in [2.75, 3.05) is 0 Å². The number of alkyl halides is 2. The molecule has 0 spiro atoms. The van der Waals surface area contributed by atoms with Gasteiger partial charge in [0.2, 0.25) is 11.8 Å². The van der Waals surface area contributed by atoms with E-state index in [4.69, 9.17) is 4.74 Å². The number of nitrogens with zero attached hydrogens (tertiary/aromatic N) is 6. The fourth-order valence-electron chi connectivity index (χ4n) is 4.21. The number of imidazole rings is 1. The van der Waals surface area contributed by atoms with Gasteiger partial charge in [-0.2, -0.15) is 15.2 Å². The van der Waals surface area contributed by atoms with Crippen molar-refractivity contribution in [3.63, 3.8) is 0 Å². The molecule has 3 aromatic rings. The number of hydrogen-bond donors (Lipinski definition) is 1. The number of aromatic nitrogens is 6. The Morgan fingerprint density at radius 3 is 2.70 bits per heavy atom. The normalized spacial score (nSPS) is 17.4. The number of halogens is 2. The maximum Gasteiger partial charge on any atom is 0.270 e. The van der Waals surface area contributed by atoms with Crippen molar-refractivity contribution in [1.82, 2.24) is 34.7 Å². The van der Waals surface area contributed by atoms with Gasteiger partial charge in [0, 0.05) is 25.6 Å². The van der Waals surface area contributed by atoms with Crippen LogP contribution < -0.4 is 10.1 Å². The Morgan fingerprint density at radius 2 is 2.03 bits per heavy atom. The van der Waals surface area contributed by atoms with Crippen LogP contribution in [-0.4, -0.2) is 47.3 Å². The van der Waals surface area contributed by atoms with Crippen molar-refractivity contribution in [3.8, 4) is 5.88 Å². The summed E-state index contributed by atoms with van der Waals surface area (Å²) in [6.45, 7) is 8.01. The van der Waals surface area contributed by atoms with Gasteiger partial charge in [0.25, 0.3) is 11.7 Å². The van der Waals surface area contributed by atoms with Crippen molar-refractivity contribution in [2.24, 2.45) is 5.92 Å². The molecule has 1 saturated carbocycles. The van der Waals surface area contributed by atoms with Crippen LogP contribution in [0.25, 0.3) is 5.78 Å². The van der Waals surface area contributed by atoms with Gasteiger partial charge in [0.1, 0.15) is 11.4 Å². The van der Waals surface area contributed by atoms with Crippen LogP contribution in [0.3, 0.4) is 0 Å². The highest BCUT2D eigenvalue weighted by Gasteiger charge is 2.39. The van der Waals surface area contributed by atoms with Gasteiger partial charge in [0.05, 0.1) is 24.0 Å². The SMILES string of the molecule is CCn1nccc1C(=O)NC(c1cn2nc(C)c(OC(C)C)nc2n1)C1CCC(F)(F)CC1. The quantitative estimate of drug-likeness (QED) is 0.576. The first-order valence-corrected chi connectivity index (χ1v) is 11.3. The molecular formula is C22H29F2N7O2. The number of rotatable bonds is 7. The van der Waals surface area contributed by atoms with E-state index in [9.17, 15) is 13.6 Å². The number of amides is 1. The van der Waals surface area contributed by atoms with Crippen LogP contribution in [0.5, 0.6) is 5.88 Å². The van der Waals surface area contributed by atoms with Crippen molar-refractivity contribution >= 4 is 11.7 Å². The van der Waals surface area contributed by atoms with Gasteiger partial charge in [-0.1, -0.05) is 0 Å². The molecule has 1 fully saturated rings. The van der Waals surface area contributed by atoms with Crippen molar-refractivity contribution in [1.29, 1.82) is 0 Å². The first-order chi connectivity index (χ1) is 15.7. The van der Waals surface area contributed by atoms with Gasteiger partial charge in [0.15, 0.2) is 0 Å². The molecule has 0 aliphatic heterocycles. The van der Waals surface area contributed by atoms with E-state index < -0.39 is 12.0 Å². The molecule has 4 rings (SSSR count). The Kier molecular flexibility index (Phi) is 6.31. The third-order valence-electron chi connectivity index (χ3n) is 5.89. The molecule has 11 heteroatoms. The molecule has 1 aliphatic rings. The Hall–Kier alpha value is -3.11. The van der Waals surface area contributed by atoms with Crippen molar-refractivity contribution in [2.45, 2.75) is 78.0 Å². The topological polar surface area (TPSA) is 99.2 Å². The van der Waals surface area contributed by atoms with Gasteiger partial charge in [-0.25, -0.2) is 18.3 Å². The van der Waals surface area contributed by atoms with Gasteiger partial charge < -0.3 is 10.1 Å². The van der Waals surface area contributed by atoms with Crippen LogP contribution in [0, 0.1) is 12.8 Å². The Balaban J connectivity index is 1.68. The summed E-state index contributed by atoms with van der Waals surface area (Å²) in [5.41, 5.74) is 1.54. The number of ether oxygens (including phenoxy) is 1. The highest BCUT2D eigenvalue weighted by atomic mass is 19.3. The summed E-state index contributed by atoms with van der Waals surface area (Å²) in [6, 6.07) is 1.07. The van der Waals surface area contributed by atoms with E-state index >= 15 is 0 Å². The second kappa shape index (κ2) is 9.03. The molecule has 178 valence electrons. The lowest BCUT2D eigenvalue weighted by Crippen LogP contribution is -2.38. The van der Waals surface area contributed by atoms with E-state index in [1.807, 2.05) is 20.8 Å². The molecule has 1 amide bonds. The van der Waals surface area contributed by atoms with Gasteiger partial charge in [-0.3, -0.25) is 9.48 Å². The summed E-state index contributed by atoms with van der Waals surface area (Å²) in [4.78, 5) is 22.1. The van der Waals surface area contributed by atoms with E-state index in [1.165, 1.54) is 4.52 Å². The molecule has 9 nitrogen and oxygen atoms in total. The molecule has 3 aromatic heterocycles. The zero-order valence-corrected chi connectivity index (χ0v) is 19.3. The lowest BCUT2D eigenvalue weighted by atomic mass is 9.81. The Bertz CT molecular complexity index is 1130. The Labute approximate surface area is 190 Å². The van der Waals surface area contributed by atoms with Crippen LogP contribution >= 0.6 is 0 Å². The first-order valence-electron chi connectivity index (χ1n) is 11.3. The van der Waals surface area contributed by atoms with E-state index in [-0.39, 0.29) is 43.6 Å². The van der Waals surface area contributed by atoms with Crippen molar-refractivity contribution in [3.05, 3.63) is 35.5 Å². The van der Waals surface area contributed by atoms with E-state index in [0.717, 1.165) is 0 Å². The minimum absolute atomic E-state index is 0.0748. The van der Waals surface area contributed by atoms with Crippen LogP contribution in [-0.2, 0) is 6.54 Å². The number of fused-ring (bicyclic) bond motifs is 1. The third kappa shape index (κ3) is 4.96. The highest BCUT2D eigenvalue weighted by molar-refractivity contribution is 5.92. The average Bonchev–Trinajstić information content (AvgIpc) is 3.38. The number of aryl methyl sites for hydroxylation is 2. The molecule has 1 aliphatic carbocycles. The number of carbonyl (C=O) groups is 1. The zero-order valence-electron chi connectivity index (χ0n) is 19.3. The van der Waals surface area contributed by atoms with Crippen molar-refractivity contribution < 1.29 is 18.3 Å². The maximum absolute atomic E-state index is 13.8. The second-order valence-corrected chi connectivity index (χ2v) is 8.76. The summed E-state index contributed by atoms with van der Waals surface area (Å²) in [6.07, 6.45) is 3.31. The van der Waals surface area contributed by atoms with Crippen LogP contribution in [0.15, 0.2) is 18.5 Å². The van der Waals surface area contributed by atoms with E-state index in [1.54, 1.807) is 30.1 Å². The lowest BCUT2D eigenvalue weighted by Gasteiger charge is -2.33. The summed E-state index contributed by atoms with van der Waals surface area (Å²) in [5.74, 6) is -2.48. The largest absolute Gasteiger partial charge is 0.474 e. The molecule has 33 heavy (non-hydrogen) atoms. The summed E-state index contributed by atoms with van der Waals surface area (Å²) >= 11 is 0. The third-order valence-corrected chi connectivity index (χ3v) is 5.89. The van der Waals surface area contributed by atoms with Crippen LogP contribution in [0.4, 0.5) is 8.78 Å². The number of hydrogen-bond acceptors (Lipinski definition) is 6. The van der Waals surface area contributed by atoms with E-state index in [0.29, 0.717) is 35.3 Å². The highest BCUT2D eigenvalue weighted by Crippen LogP contribution is 2.41. The lowest BCUT2D eigenvalue weighted by molar-refractivity contribution is -0.0495. The van der Waals surface area contributed by atoms with Gasteiger partial charge >= 0.3 is 0 Å². The molecule has 0 saturated heterocycles.